The van der Waals surface area contributed by atoms with E-state index in [0.717, 1.165) is 11.3 Å². The Morgan fingerprint density at radius 1 is 1.11 bits per heavy atom. The summed E-state index contributed by atoms with van der Waals surface area (Å²) in [6.07, 6.45) is 0. The number of rotatable bonds is 2. The Bertz CT molecular complexity index is 663. The molecular formula is C13H12ClN2O2P. The van der Waals surface area contributed by atoms with Crippen molar-refractivity contribution in [1.82, 2.24) is 5.09 Å². The van der Waals surface area contributed by atoms with Gasteiger partial charge < -0.3 is 4.52 Å². The van der Waals surface area contributed by atoms with E-state index in [1.165, 1.54) is 0 Å². The van der Waals surface area contributed by atoms with Crippen LogP contribution in [0.2, 0.25) is 5.02 Å². The minimum absolute atomic E-state index is 0.395. The minimum atomic E-state index is -3.18. The van der Waals surface area contributed by atoms with Crippen molar-refractivity contribution in [2.75, 3.05) is 5.09 Å². The molecule has 1 heterocycles. The highest BCUT2D eigenvalue weighted by Crippen LogP contribution is 2.48. The van der Waals surface area contributed by atoms with Gasteiger partial charge in [0.05, 0.1) is 5.02 Å². The van der Waals surface area contributed by atoms with E-state index >= 15 is 0 Å². The largest absolute Gasteiger partial charge is 0.417 e. The number of benzene rings is 2. The van der Waals surface area contributed by atoms with Crippen molar-refractivity contribution in [3.8, 4) is 5.75 Å². The van der Waals surface area contributed by atoms with Gasteiger partial charge in [-0.25, -0.2) is 9.65 Å². The Kier molecular flexibility index (Phi) is 3.23. The zero-order valence-electron chi connectivity index (χ0n) is 9.97. The molecule has 0 fully saturated rings. The molecule has 98 valence electrons. The molecule has 1 aliphatic rings. The van der Waals surface area contributed by atoms with E-state index in [-0.39, 0.29) is 0 Å². The number of fused-ring (bicyclic) bond motifs is 1. The van der Waals surface area contributed by atoms with Gasteiger partial charge in [0.1, 0.15) is 5.75 Å². The standard InChI is InChI=1S/C13H12ClN2O2P/c14-11-6-2-4-8-13(11)18-19(17)15-9-10-5-1-3-7-12(10)16-19/h1-8H,9H2,(H2,15,16,17). The second-order valence-corrected chi connectivity index (χ2v) is 6.41. The smallest absolute Gasteiger partial charge is 0.416 e. The number of anilines is 1. The van der Waals surface area contributed by atoms with Crippen LogP contribution in [0.4, 0.5) is 5.69 Å². The molecule has 4 nitrogen and oxygen atoms in total. The topological polar surface area (TPSA) is 50.4 Å². The van der Waals surface area contributed by atoms with Gasteiger partial charge in [-0.1, -0.05) is 41.9 Å². The lowest BCUT2D eigenvalue weighted by molar-refractivity contribution is 0.470. The quantitative estimate of drug-likeness (QED) is 0.821. The predicted octanol–water partition coefficient (Wildman–Crippen LogP) is 4.04. The summed E-state index contributed by atoms with van der Waals surface area (Å²) in [6, 6.07) is 14.6. The Balaban J connectivity index is 1.87. The van der Waals surface area contributed by atoms with Crippen LogP contribution in [0.5, 0.6) is 5.75 Å². The first-order valence-corrected chi connectivity index (χ1v) is 7.82. The molecule has 0 amide bonds. The maximum atomic E-state index is 12.6. The number of halogens is 1. The lowest BCUT2D eigenvalue weighted by Gasteiger charge is -2.27. The van der Waals surface area contributed by atoms with Crippen LogP contribution in [0.25, 0.3) is 0 Å². The van der Waals surface area contributed by atoms with Gasteiger partial charge in [0.2, 0.25) is 0 Å². The van der Waals surface area contributed by atoms with Gasteiger partial charge in [0.25, 0.3) is 0 Å². The lowest BCUT2D eigenvalue weighted by Crippen LogP contribution is -2.25. The zero-order chi connectivity index (χ0) is 13.3. The van der Waals surface area contributed by atoms with Crippen molar-refractivity contribution in [3.05, 3.63) is 59.1 Å². The van der Waals surface area contributed by atoms with Crippen LogP contribution in [0.1, 0.15) is 5.56 Å². The normalized spacial score (nSPS) is 21.3. The van der Waals surface area contributed by atoms with Gasteiger partial charge in [0, 0.05) is 12.2 Å². The maximum absolute atomic E-state index is 12.6. The molecule has 2 aromatic carbocycles. The molecule has 0 spiro atoms. The summed E-state index contributed by atoms with van der Waals surface area (Å²) in [4.78, 5) is 0. The lowest BCUT2D eigenvalue weighted by atomic mass is 10.2. The number of hydrogen-bond acceptors (Lipinski definition) is 2. The third-order valence-corrected chi connectivity index (χ3v) is 4.70. The molecule has 2 aromatic rings. The molecule has 0 saturated heterocycles. The summed E-state index contributed by atoms with van der Waals surface area (Å²) in [5.41, 5.74) is 1.87. The molecule has 0 saturated carbocycles. The van der Waals surface area contributed by atoms with E-state index in [9.17, 15) is 4.57 Å². The SMILES string of the molecule is O=P1(Oc2ccccc2Cl)NCc2ccccc2N1. The van der Waals surface area contributed by atoms with E-state index in [1.807, 2.05) is 24.3 Å². The summed E-state index contributed by atoms with van der Waals surface area (Å²) >= 11 is 6.00. The first kappa shape index (κ1) is 12.5. The van der Waals surface area contributed by atoms with E-state index in [2.05, 4.69) is 10.2 Å². The Labute approximate surface area is 116 Å². The van der Waals surface area contributed by atoms with Crippen LogP contribution in [0, 0.1) is 0 Å². The summed E-state index contributed by atoms with van der Waals surface area (Å²) in [5, 5.41) is 6.23. The van der Waals surface area contributed by atoms with Gasteiger partial charge >= 0.3 is 7.67 Å². The first-order chi connectivity index (χ1) is 9.16. The second-order valence-electron chi connectivity index (χ2n) is 4.18. The second kappa shape index (κ2) is 4.89. The fraction of sp³-hybridized carbons (Fsp3) is 0.0769. The van der Waals surface area contributed by atoms with Gasteiger partial charge in [0.15, 0.2) is 0 Å². The molecule has 0 radical (unpaired) electrons. The molecule has 1 aliphatic heterocycles. The van der Waals surface area contributed by atoms with Crippen LogP contribution in [0.15, 0.2) is 48.5 Å². The van der Waals surface area contributed by atoms with Crippen molar-refractivity contribution in [2.45, 2.75) is 6.54 Å². The van der Waals surface area contributed by atoms with Crippen LogP contribution in [0.3, 0.4) is 0 Å². The van der Waals surface area contributed by atoms with Crippen molar-refractivity contribution >= 4 is 25.0 Å². The summed E-state index contributed by atoms with van der Waals surface area (Å²) in [6.45, 7) is 0.491. The highest BCUT2D eigenvalue weighted by Gasteiger charge is 2.30. The molecule has 19 heavy (non-hydrogen) atoms. The van der Waals surface area contributed by atoms with Crippen LogP contribution >= 0.6 is 19.3 Å². The van der Waals surface area contributed by atoms with E-state index in [0.29, 0.717) is 17.3 Å². The fourth-order valence-corrected chi connectivity index (χ4v) is 3.65. The molecule has 0 aliphatic carbocycles. The molecule has 0 bridgehead atoms. The van der Waals surface area contributed by atoms with Gasteiger partial charge in [-0.15, -0.1) is 0 Å². The number of nitrogens with one attached hydrogen (secondary N) is 2. The predicted molar refractivity (Wildman–Crippen MR) is 76.6 cm³/mol. The van der Waals surface area contributed by atoms with E-state index in [1.54, 1.807) is 24.3 Å². The summed E-state index contributed by atoms with van der Waals surface area (Å²) < 4.78 is 18.1. The van der Waals surface area contributed by atoms with Crippen molar-refractivity contribution in [3.63, 3.8) is 0 Å². The molecule has 0 aromatic heterocycles. The van der Waals surface area contributed by atoms with Crippen LogP contribution < -0.4 is 14.7 Å². The maximum Gasteiger partial charge on any atom is 0.417 e. The van der Waals surface area contributed by atoms with Crippen molar-refractivity contribution in [1.29, 1.82) is 0 Å². The average molecular weight is 295 g/mol. The van der Waals surface area contributed by atoms with Crippen molar-refractivity contribution < 1.29 is 9.09 Å². The van der Waals surface area contributed by atoms with Crippen molar-refractivity contribution in [2.24, 2.45) is 0 Å². The fourth-order valence-electron chi connectivity index (χ4n) is 1.88. The first-order valence-electron chi connectivity index (χ1n) is 5.82. The van der Waals surface area contributed by atoms with Gasteiger partial charge in [-0.05, 0) is 23.8 Å². The average Bonchev–Trinajstić information content (AvgIpc) is 2.41. The molecule has 1 unspecified atom stereocenters. The van der Waals surface area contributed by atoms with E-state index in [4.69, 9.17) is 16.1 Å². The highest BCUT2D eigenvalue weighted by atomic mass is 35.5. The van der Waals surface area contributed by atoms with Gasteiger partial charge in [-0.2, -0.15) is 0 Å². The Hall–Kier alpha value is -1.48. The zero-order valence-corrected chi connectivity index (χ0v) is 11.6. The van der Waals surface area contributed by atoms with Crippen LogP contribution in [-0.2, 0) is 11.1 Å². The molecule has 2 N–H and O–H groups in total. The number of hydrogen-bond donors (Lipinski definition) is 2. The third kappa shape index (κ3) is 2.61. The minimum Gasteiger partial charge on any atom is -0.416 e. The molecule has 6 heteroatoms. The Morgan fingerprint density at radius 2 is 1.84 bits per heavy atom. The molecular weight excluding hydrogens is 283 g/mol. The monoisotopic (exact) mass is 294 g/mol. The third-order valence-electron chi connectivity index (χ3n) is 2.83. The number of para-hydroxylation sites is 2. The molecule has 1 atom stereocenters. The summed E-state index contributed by atoms with van der Waals surface area (Å²) in [7, 11) is -3.18. The highest BCUT2D eigenvalue weighted by molar-refractivity contribution is 7.59. The Morgan fingerprint density at radius 3 is 2.68 bits per heavy atom. The molecule has 3 rings (SSSR count). The van der Waals surface area contributed by atoms with Crippen LogP contribution in [-0.4, -0.2) is 0 Å². The van der Waals surface area contributed by atoms with E-state index < -0.39 is 7.67 Å². The van der Waals surface area contributed by atoms with Gasteiger partial charge in [-0.3, -0.25) is 5.09 Å². The summed E-state index contributed by atoms with van der Waals surface area (Å²) in [5.74, 6) is 0.395.